The van der Waals surface area contributed by atoms with E-state index < -0.39 is 17.0 Å². The van der Waals surface area contributed by atoms with E-state index in [1.807, 2.05) is 13.0 Å². The molecular formula is C25H28F2N2O. The summed E-state index contributed by atoms with van der Waals surface area (Å²) in [5, 5.41) is 1.08. The van der Waals surface area contributed by atoms with Crippen molar-refractivity contribution in [3.63, 3.8) is 0 Å². The van der Waals surface area contributed by atoms with Gasteiger partial charge in [0.1, 0.15) is 11.6 Å². The lowest BCUT2D eigenvalue weighted by atomic mass is 9.73. The van der Waals surface area contributed by atoms with Crippen molar-refractivity contribution in [3.05, 3.63) is 77.0 Å². The van der Waals surface area contributed by atoms with Gasteiger partial charge in [-0.15, -0.1) is 0 Å². The highest BCUT2D eigenvalue weighted by Crippen LogP contribution is 2.39. The van der Waals surface area contributed by atoms with E-state index in [0.717, 1.165) is 54.0 Å². The molecule has 1 saturated heterocycles. The number of benzene rings is 2. The van der Waals surface area contributed by atoms with E-state index >= 15 is 0 Å². The minimum absolute atomic E-state index is 0.192. The normalized spacial score (nSPS) is 17.9. The number of aryl methyl sites for hydroxylation is 1. The molecule has 3 nitrogen and oxygen atoms in total. The number of likely N-dealkylation sites (tertiary alicyclic amines) is 1. The first-order valence-electron chi connectivity index (χ1n) is 10.5. The lowest BCUT2D eigenvalue weighted by Gasteiger charge is -2.41. The van der Waals surface area contributed by atoms with E-state index in [2.05, 4.69) is 42.1 Å². The predicted molar refractivity (Wildman–Crippen MR) is 116 cm³/mol. The van der Waals surface area contributed by atoms with E-state index in [4.69, 9.17) is 4.74 Å². The molecule has 5 heteroatoms. The predicted octanol–water partition coefficient (Wildman–Crippen LogP) is 5.56. The summed E-state index contributed by atoms with van der Waals surface area (Å²) in [7, 11) is 2.07. The maximum Gasteiger partial charge on any atom is 0.129 e. The number of hydrogen-bond donors (Lipinski definition) is 0. The number of nitrogens with zero attached hydrogens (tertiary/aromatic N) is 2. The topological polar surface area (TPSA) is 25.4 Å². The zero-order chi connectivity index (χ0) is 21.3. The summed E-state index contributed by atoms with van der Waals surface area (Å²) in [6.07, 6.45) is 3.14. The largest absolute Gasteiger partial charge is 0.373 e. The Bertz CT molecular complexity index is 1040. The Labute approximate surface area is 176 Å². The van der Waals surface area contributed by atoms with E-state index in [-0.39, 0.29) is 6.10 Å². The Hall–Kier alpha value is -2.37. The number of pyridine rings is 1. The van der Waals surface area contributed by atoms with Gasteiger partial charge in [-0.05, 0) is 70.6 Å². The zero-order valence-corrected chi connectivity index (χ0v) is 17.8. The average Bonchev–Trinajstić information content (AvgIpc) is 2.73. The highest BCUT2D eigenvalue weighted by Gasteiger charge is 2.38. The van der Waals surface area contributed by atoms with Crippen LogP contribution in [0.3, 0.4) is 0 Å². The van der Waals surface area contributed by atoms with Crippen LogP contribution >= 0.6 is 0 Å². The quantitative estimate of drug-likeness (QED) is 0.550. The maximum absolute atomic E-state index is 14.8. The first kappa shape index (κ1) is 20.9. The van der Waals surface area contributed by atoms with Gasteiger partial charge in [0.2, 0.25) is 0 Å². The molecule has 2 heterocycles. The minimum Gasteiger partial charge on any atom is -0.373 e. The lowest BCUT2D eigenvalue weighted by molar-refractivity contribution is 0.00577. The van der Waals surface area contributed by atoms with Crippen LogP contribution in [0.2, 0.25) is 0 Å². The molecule has 0 spiro atoms. The fraction of sp³-hybridized carbons (Fsp3) is 0.400. The first-order chi connectivity index (χ1) is 14.4. The molecule has 1 aliphatic rings. The monoisotopic (exact) mass is 410 g/mol. The van der Waals surface area contributed by atoms with Crippen molar-refractivity contribution in [2.45, 2.75) is 38.2 Å². The standard InChI is InChI=1S/C25H28F2N2O/c1-17-13-19-5-4-10-28-24(19)21(14-17)18(2)30-16-25(8-11-29(3)12-9-25)22-7-6-20(26)15-23(22)27/h4-7,10,13-15,18H,8-9,11-12,16H2,1-3H3. The summed E-state index contributed by atoms with van der Waals surface area (Å²) >= 11 is 0. The molecular weight excluding hydrogens is 382 g/mol. The number of aromatic nitrogens is 1. The minimum atomic E-state index is -0.550. The van der Waals surface area contributed by atoms with Gasteiger partial charge in [0.25, 0.3) is 0 Å². The van der Waals surface area contributed by atoms with Crippen LogP contribution in [-0.2, 0) is 10.2 Å². The molecule has 158 valence electrons. The van der Waals surface area contributed by atoms with E-state index in [9.17, 15) is 8.78 Å². The van der Waals surface area contributed by atoms with Crippen molar-refractivity contribution in [1.82, 2.24) is 9.88 Å². The van der Waals surface area contributed by atoms with Crippen LogP contribution < -0.4 is 0 Å². The second kappa shape index (κ2) is 8.40. The highest BCUT2D eigenvalue weighted by molar-refractivity contribution is 5.82. The Morgan fingerprint density at radius 3 is 2.63 bits per heavy atom. The SMILES string of the molecule is Cc1cc(C(C)OCC2(c3ccc(F)cc3F)CCN(C)CC2)c2ncccc2c1. The van der Waals surface area contributed by atoms with Gasteiger partial charge in [-0.25, -0.2) is 8.78 Å². The number of halogens is 2. The van der Waals surface area contributed by atoms with E-state index in [1.54, 1.807) is 12.3 Å². The second-order valence-electron chi connectivity index (χ2n) is 8.59. The molecule has 1 unspecified atom stereocenters. The molecule has 0 aliphatic carbocycles. The van der Waals surface area contributed by atoms with Crippen molar-refractivity contribution < 1.29 is 13.5 Å². The lowest BCUT2D eigenvalue weighted by Crippen LogP contribution is -2.44. The van der Waals surface area contributed by atoms with Crippen molar-refractivity contribution in [2.75, 3.05) is 26.7 Å². The molecule has 0 saturated carbocycles. The summed E-state index contributed by atoms with van der Waals surface area (Å²) in [5.74, 6) is -1.04. The smallest absolute Gasteiger partial charge is 0.129 e. The summed E-state index contributed by atoms with van der Waals surface area (Å²) in [5.41, 5.74) is 3.20. The van der Waals surface area contributed by atoms with E-state index in [1.165, 1.54) is 6.07 Å². The van der Waals surface area contributed by atoms with Crippen LogP contribution in [0.25, 0.3) is 10.9 Å². The van der Waals surface area contributed by atoms with Gasteiger partial charge in [0.05, 0.1) is 18.2 Å². The molecule has 0 amide bonds. The molecule has 0 N–H and O–H groups in total. The molecule has 30 heavy (non-hydrogen) atoms. The van der Waals surface area contributed by atoms with Crippen LogP contribution in [0.15, 0.2) is 48.7 Å². The van der Waals surface area contributed by atoms with Crippen molar-refractivity contribution in [1.29, 1.82) is 0 Å². The van der Waals surface area contributed by atoms with Gasteiger partial charge < -0.3 is 9.64 Å². The molecule has 1 fully saturated rings. The number of hydrogen-bond acceptors (Lipinski definition) is 3. The maximum atomic E-state index is 14.8. The number of fused-ring (bicyclic) bond motifs is 1. The van der Waals surface area contributed by atoms with E-state index in [0.29, 0.717) is 12.2 Å². The van der Waals surface area contributed by atoms with Gasteiger partial charge in [0.15, 0.2) is 0 Å². The van der Waals surface area contributed by atoms with Crippen molar-refractivity contribution in [3.8, 4) is 0 Å². The molecule has 1 atom stereocenters. The van der Waals surface area contributed by atoms with Gasteiger partial charge in [0, 0.05) is 28.6 Å². The average molecular weight is 411 g/mol. The third-order valence-corrected chi connectivity index (χ3v) is 6.37. The van der Waals surface area contributed by atoms with Crippen LogP contribution in [0, 0.1) is 18.6 Å². The molecule has 1 aliphatic heterocycles. The summed E-state index contributed by atoms with van der Waals surface area (Å²) in [6.45, 7) is 6.17. The second-order valence-corrected chi connectivity index (χ2v) is 8.59. The van der Waals surface area contributed by atoms with Gasteiger partial charge >= 0.3 is 0 Å². The summed E-state index contributed by atoms with van der Waals surface area (Å²) in [6, 6.07) is 12.1. The van der Waals surface area contributed by atoms with Crippen molar-refractivity contribution in [2.24, 2.45) is 0 Å². The number of piperidine rings is 1. The van der Waals surface area contributed by atoms with Gasteiger partial charge in [-0.3, -0.25) is 4.98 Å². The highest BCUT2D eigenvalue weighted by atomic mass is 19.1. The van der Waals surface area contributed by atoms with Gasteiger partial charge in [-0.1, -0.05) is 23.8 Å². The van der Waals surface area contributed by atoms with Gasteiger partial charge in [-0.2, -0.15) is 0 Å². The van der Waals surface area contributed by atoms with Crippen molar-refractivity contribution >= 4 is 10.9 Å². The van der Waals surface area contributed by atoms with Crippen LogP contribution in [0.4, 0.5) is 8.78 Å². The first-order valence-corrected chi connectivity index (χ1v) is 10.5. The van der Waals surface area contributed by atoms with Crippen LogP contribution in [0.1, 0.15) is 42.6 Å². The molecule has 1 aromatic heterocycles. The Balaban J connectivity index is 1.63. The third kappa shape index (κ3) is 4.09. The molecule has 0 bridgehead atoms. The Morgan fingerprint density at radius 2 is 1.90 bits per heavy atom. The Morgan fingerprint density at radius 1 is 1.13 bits per heavy atom. The molecule has 2 aromatic carbocycles. The zero-order valence-electron chi connectivity index (χ0n) is 17.8. The summed E-state index contributed by atoms with van der Waals surface area (Å²) in [4.78, 5) is 6.80. The number of rotatable bonds is 5. The fourth-order valence-electron chi connectivity index (χ4n) is 4.52. The third-order valence-electron chi connectivity index (χ3n) is 6.37. The number of ether oxygens (including phenoxy) is 1. The Kier molecular flexibility index (Phi) is 5.85. The fourth-order valence-corrected chi connectivity index (χ4v) is 4.52. The van der Waals surface area contributed by atoms with Crippen LogP contribution in [0.5, 0.6) is 0 Å². The summed E-state index contributed by atoms with van der Waals surface area (Å²) < 4.78 is 34.7. The molecule has 3 aromatic rings. The molecule has 0 radical (unpaired) electrons. The molecule has 4 rings (SSSR count). The van der Waals surface area contributed by atoms with Crippen LogP contribution in [-0.4, -0.2) is 36.6 Å².